The first kappa shape index (κ1) is 10.7. The highest BCUT2D eigenvalue weighted by atomic mass is 79.9. The number of aliphatic hydroxyl groups excluding tert-OH is 1. The van der Waals surface area contributed by atoms with Gasteiger partial charge in [-0.1, -0.05) is 15.9 Å². The minimum absolute atomic E-state index is 0.486. The highest BCUT2D eigenvalue weighted by Gasteiger charge is 2.09. The SMILES string of the molecule is NCC[C@H](O)c1cc2cc(Br)ccc2[nH]1. The average Bonchev–Trinajstić information content (AvgIpc) is 2.60. The van der Waals surface area contributed by atoms with Crippen LogP contribution in [0.25, 0.3) is 10.9 Å². The van der Waals surface area contributed by atoms with Crippen molar-refractivity contribution in [3.63, 3.8) is 0 Å². The molecule has 2 rings (SSSR count). The molecule has 80 valence electrons. The van der Waals surface area contributed by atoms with Crippen LogP contribution in [-0.4, -0.2) is 16.6 Å². The number of hydrogen-bond acceptors (Lipinski definition) is 2. The Bertz CT molecular complexity index is 467. The van der Waals surface area contributed by atoms with E-state index in [2.05, 4.69) is 20.9 Å². The van der Waals surface area contributed by atoms with E-state index >= 15 is 0 Å². The number of aromatic nitrogens is 1. The van der Waals surface area contributed by atoms with Crippen molar-refractivity contribution < 1.29 is 5.11 Å². The molecule has 3 nitrogen and oxygen atoms in total. The average molecular weight is 269 g/mol. The number of halogens is 1. The lowest BCUT2D eigenvalue weighted by molar-refractivity contribution is 0.166. The smallest absolute Gasteiger partial charge is 0.0950 e. The zero-order valence-corrected chi connectivity index (χ0v) is 9.79. The first-order chi connectivity index (χ1) is 7.20. The lowest BCUT2D eigenvalue weighted by Crippen LogP contribution is -2.06. The van der Waals surface area contributed by atoms with Crippen molar-refractivity contribution in [1.82, 2.24) is 4.98 Å². The van der Waals surface area contributed by atoms with Crippen molar-refractivity contribution in [3.05, 3.63) is 34.4 Å². The fourth-order valence-electron chi connectivity index (χ4n) is 1.62. The normalized spacial score (nSPS) is 13.3. The van der Waals surface area contributed by atoms with E-state index in [0.717, 1.165) is 21.1 Å². The summed E-state index contributed by atoms with van der Waals surface area (Å²) in [6.45, 7) is 0.486. The Balaban J connectivity index is 2.38. The van der Waals surface area contributed by atoms with Crippen LogP contribution in [0.4, 0.5) is 0 Å². The molecule has 0 fully saturated rings. The topological polar surface area (TPSA) is 62.0 Å². The fraction of sp³-hybridized carbons (Fsp3) is 0.273. The Hall–Kier alpha value is -0.840. The van der Waals surface area contributed by atoms with Crippen molar-refractivity contribution in [1.29, 1.82) is 0 Å². The van der Waals surface area contributed by atoms with Gasteiger partial charge in [-0.3, -0.25) is 0 Å². The predicted molar refractivity (Wildman–Crippen MR) is 64.6 cm³/mol. The number of nitrogens with one attached hydrogen (secondary N) is 1. The van der Waals surface area contributed by atoms with E-state index < -0.39 is 6.10 Å². The standard InChI is InChI=1S/C11H13BrN2O/c12-8-1-2-9-7(5-8)6-10(14-9)11(15)3-4-13/h1-2,5-6,11,14-15H,3-4,13H2/t11-/m0/s1. The molecule has 0 aliphatic carbocycles. The maximum Gasteiger partial charge on any atom is 0.0950 e. The van der Waals surface area contributed by atoms with Crippen LogP contribution in [0.2, 0.25) is 0 Å². The monoisotopic (exact) mass is 268 g/mol. The third-order valence-electron chi connectivity index (χ3n) is 2.40. The largest absolute Gasteiger partial charge is 0.387 e. The van der Waals surface area contributed by atoms with Gasteiger partial charge in [0.2, 0.25) is 0 Å². The van der Waals surface area contributed by atoms with E-state index in [9.17, 15) is 5.11 Å². The zero-order chi connectivity index (χ0) is 10.8. The second-order valence-corrected chi connectivity index (χ2v) is 4.47. The summed E-state index contributed by atoms with van der Waals surface area (Å²) in [5, 5.41) is 10.9. The molecule has 15 heavy (non-hydrogen) atoms. The molecule has 1 aromatic heterocycles. The van der Waals surface area contributed by atoms with Gasteiger partial charge < -0.3 is 15.8 Å². The van der Waals surface area contributed by atoms with Gasteiger partial charge in [0, 0.05) is 21.1 Å². The molecule has 1 atom stereocenters. The number of nitrogens with two attached hydrogens (primary N) is 1. The lowest BCUT2D eigenvalue weighted by Gasteiger charge is -2.05. The summed E-state index contributed by atoms with van der Waals surface area (Å²) in [5.41, 5.74) is 7.26. The number of hydrogen-bond donors (Lipinski definition) is 3. The van der Waals surface area contributed by atoms with E-state index in [4.69, 9.17) is 5.73 Å². The molecule has 0 spiro atoms. The summed E-state index contributed by atoms with van der Waals surface area (Å²) in [6.07, 6.45) is 0.0785. The van der Waals surface area contributed by atoms with Gasteiger partial charge in [0.15, 0.2) is 0 Å². The summed E-state index contributed by atoms with van der Waals surface area (Å²) in [7, 11) is 0. The maximum absolute atomic E-state index is 9.77. The first-order valence-electron chi connectivity index (χ1n) is 4.87. The van der Waals surface area contributed by atoms with Gasteiger partial charge in [0.05, 0.1) is 6.10 Å². The van der Waals surface area contributed by atoms with Crippen molar-refractivity contribution in [2.24, 2.45) is 5.73 Å². The lowest BCUT2D eigenvalue weighted by atomic mass is 10.2. The van der Waals surface area contributed by atoms with Gasteiger partial charge in [0.25, 0.3) is 0 Å². The number of H-pyrrole nitrogens is 1. The molecule has 0 amide bonds. The number of benzene rings is 1. The Morgan fingerprint density at radius 1 is 1.40 bits per heavy atom. The molecule has 0 radical (unpaired) electrons. The summed E-state index contributed by atoms with van der Waals surface area (Å²) in [6, 6.07) is 7.93. The Morgan fingerprint density at radius 2 is 2.20 bits per heavy atom. The van der Waals surface area contributed by atoms with Crippen LogP contribution >= 0.6 is 15.9 Å². The van der Waals surface area contributed by atoms with Gasteiger partial charge in [-0.25, -0.2) is 0 Å². The van der Waals surface area contributed by atoms with Crippen molar-refractivity contribution >= 4 is 26.8 Å². The number of aliphatic hydroxyl groups is 1. The molecule has 2 aromatic rings. The molecule has 1 aromatic carbocycles. The van der Waals surface area contributed by atoms with E-state index in [-0.39, 0.29) is 0 Å². The highest BCUT2D eigenvalue weighted by Crippen LogP contribution is 2.24. The van der Waals surface area contributed by atoms with Crippen LogP contribution in [0.1, 0.15) is 18.2 Å². The second kappa shape index (κ2) is 4.35. The van der Waals surface area contributed by atoms with Crippen LogP contribution in [0.15, 0.2) is 28.7 Å². The number of aromatic amines is 1. The maximum atomic E-state index is 9.77. The van der Waals surface area contributed by atoms with Crippen molar-refractivity contribution in [3.8, 4) is 0 Å². The van der Waals surface area contributed by atoms with Gasteiger partial charge >= 0.3 is 0 Å². The minimum Gasteiger partial charge on any atom is -0.387 e. The predicted octanol–water partition coefficient (Wildman–Crippen LogP) is 2.31. The summed E-state index contributed by atoms with van der Waals surface area (Å²) in [5.74, 6) is 0. The van der Waals surface area contributed by atoms with Gasteiger partial charge in [0.1, 0.15) is 0 Å². The molecular weight excluding hydrogens is 256 g/mol. The molecule has 0 saturated heterocycles. The van der Waals surface area contributed by atoms with Crippen LogP contribution in [-0.2, 0) is 0 Å². The Labute approximate surface area is 96.4 Å². The summed E-state index contributed by atoms with van der Waals surface area (Å²) < 4.78 is 1.04. The Kier molecular flexibility index (Phi) is 3.09. The molecule has 4 N–H and O–H groups in total. The van der Waals surface area contributed by atoms with Gasteiger partial charge in [-0.15, -0.1) is 0 Å². The van der Waals surface area contributed by atoms with Gasteiger partial charge in [-0.2, -0.15) is 0 Å². The molecule has 0 aliphatic rings. The van der Waals surface area contributed by atoms with Crippen LogP contribution in [0.5, 0.6) is 0 Å². The van der Waals surface area contributed by atoms with Crippen LogP contribution in [0.3, 0.4) is 0 Å². The third-order valence-corrected chi connectivity index (χ3v) is 2.90. The first-order valence-corrected chi connectivity index (χ1v) is 5.66. The van der Waals surface area contributed by atoms with Crippen LogP contribution in [0, 0.1) is 0 Å². The zero-order valence-electron chi connectivity index (χ0n) is 8.20. The minimum atomic E-state index is -0.499. The van der Waals surface area contributed by atoms with Crippen molar-refractivity contribution in [2.75, 3.05) is 6.54 Å². The van der Waals surface area contributed by atoms with Gasteiger partial charge in [-0.05, 0) is 37.2 Å². The number of fused-ring (bicyclic) bond motifs is 1. The van der Waals surface area contributed by atoms with Crippen LogP contribution < -0.4 is 5.73 Å². The Morgan fingerprint density at radius 3 is 2.93 bits per heavy atom. The van der Waals surface area contributed by atoms with E-state index in [0.29, 0.717) is 13.0 Å². The third kappa shape index (κ3) is 2.22. The quantitative estimate of drug-likeness (QED) is 0.800. The summed E-state index contributed by atoms with van der Waals surface area (Å²) in [4.78, 5) is 3.18. The molecule has 1 heterocycles. The van der Waals surface area contributed by atoms with E-state index in [1.165, 1.54) is 0 Å². The molecule has 0 bridgehead atoms. The molecule has 0 aliphatic heterocycles. The summed E-state index contributed by atoms with van der Waals surface area (Å²) >= 11 is 3.41. The van der Waals surface area contributed by atoms with Crippen molar-refractivity contribution in [2.45, 2.75) is 12.5 Å². The fourth-order valence-corrected chi connectivity index (χ4v) is 2.00. The van der Waals surface area contributed by atoms with E-state index in [1.54, 1.807) is 0 Å². The second-order valence-electron chi connectivity index (χ2n) is 3.55. The molecule has 4 heteroatoms. The highest BCUT2D eigenvalue weighted by molar-refractivity contribution is 9.10. The van der Waals surface area contributed by atoms with E-state index in [1.807, 2.05) is 24.3 Å². The molecular formula is C11H13BrN2O. The number of rotatable bonds is 3. The molecule has 0 unspecified atom stereocenters. The molecule has 0 saturated carbocycles.